The molecular weight excluding hydrogens is 324 g/mol. The third kappa shape index (κ3) is 4.25. The lowest BCUT2D eigenvalue weighted by Gasteiger charge is -2.14. The first-order chi connectivity index (χ1) is 12.5. The zero-order valence-corrected chi connectivity index (χ0v) is 15.2. The molecule has 132 valence electrons. The van der Waals surface area contributed by atoms with Crippen molar-refractivity contribution in [2.45, 2.75) is 26.8 Å². The lowest BCUT2D eigenvalue weighted by molar-refractivity contribution is -0.117. The van der Waals surface area contributed by atoms with E-state index in [1.165, 1.54) is 6.08 Å². The van der Waals surface area contributed by atoms with Gasteiger partial charge in [0.2, 0.25) is 5.91 Å². The molecule has 0 spiro atoms. The number of carbonyl (C=O) groups is 1. The second-order valence-electron chi connectivity index (χ2n) is 6.27. The molecule has 0 saturated heterocycles. The smallest absolute Gasteiger partial charge is 0.244 e. The molecule has 1 amide bonds. The molecular formula is C21H22N4O. The Labute approximate surface area is 153 Å². The molecule has 0 aliphatic heterocycles. The molecule has 0 saturated carbocycles. The molecule has 0 radical (unpaired) electrons. The number of benzene rings is 1. The molecule has 2 aromatic heterocycles. The van der Waals surface area contributed by atoms with Crippen LogP contribution in [-0.2, 0) is 4.79 Å². The summed E-state index contributed by atoms with van der Waals surface area (Å²) in [7, 11) is 0. The minimum Gasteiger partial charge on any atom is -0.346 e. The van der Waals surface area contributed by atoms with Gasteiger partial charge in [0.15, 0.2) is 0 Å². The average molecular weight is 346 g/mol. The van der Waals surface area contributed by atoms with Gasteiger partial charge in [-0.2, -0.15) is 5.10 Å². The molecule has 0 fully saturated rings. The second kappa shape index (κ2) is 7.78. The summed E-state index contributed by atoms with van der Waals surface area (Å²) < 4.78 is 1.92. The van der Waals surface area contributed by atoms with E-state index < -0.39 is 0 Å². The maximum atomic E-state index is 12.1. The van der Waals surface area contributed by atoms with E-state index in [1.807, 2.05) is 67.9 Å². The fourth-order valence-electron chi connectivity index (χ4n) is 2.79. The molecule has 26 heavy (non-hydrogen) atoms. The van der Waals surface area contributed by atoms with Crippen LogP contribution in [0.25, 0.3) is 11.8 Å². The largest absolute Gasteiger partial charge is 0.346 e. The lowest BCUT2D eigenvalue weighted by Crippen LogP contribution is -2.24. The van der Waals surface area contributed by atoms with Crippen molar-refractivity contribution in [1.29, 1.82) is 0 Å². The van der Waals surface area contributed by atoms with Crippen molar-refractivity contribution in [2.75, 3.05) is 0 Å². The Hall–Kier alpha value is -3.21. The van der Waals surface area contributed by atoms with Gasteiger partial charge in [-0.25, -0.2) is 4.68 Å². The lowest BCUT2D eigenvalue weighted by atomic mass is 10.1. The summed E-state index contributed by atoms with van der Waals surface area (Å²) in [5, 5.41) is 7.47. The van der Waals surface area contributed by atoms with Gasteiger partial charge in [-0.1, -0.05) is 12.1 Å². The van der Waals surface area contributed by atoms with Gasteiger partial charge >= 0.3 is 0 Å². The van der Waals surface area contributed by atoms with Crippen molar-refractivity contribution in [1.82, 2.24) is 20.1 Å². The van der Waals surface area contributed by atoms with Crippen molar-refractivity contribution in [3.05, 3.63) is 83.4 Å². The topological polar surface area (TPSA) is 59.8 Å². The average Bonchev–Trinajstić information content (AvgIpc) is 2.99. The minimum absolute atomic E-state index is 0.0842. The van der Waals surface area contributed by atoms with Crippen molar-refractivity contribution in [2.24, 2.45) is 0 Å². The maximum Gasteiger partial charge on any atom is 0.244 e. The first-order valence-electron chi connectivity index (χ1n) is 8.55. The van der Waals surface area contributed by atoms with Crippen molar-refractivity contribution in [3.63, 3.8) is 0 Å². The standard InChI is InChI=1S/C21H22N4O/c1-15-14-16(2)25(24-15)20-7-5-19(6-8-20)17(3)23-21(26)9-4-18-10-12-22-13-11-18/h4-14,17H,1-3H3,(H,23,26)/b9-4+. The maximum absolute atomic E-state index is 12.1. The molecule has 3 rings (SSSR count). The Balaban J connectivity index is 1.64. The van der Waals surface area contributed by atoms with Crippen LogP contribution in [0.1, 0.15) is 35.5 Å². The Morgan fingerprint density at radius 3 is 2.42 bits per heavy atom. The molecule has 0 bridgehead atoms. The molecule has 5 nitrogen and oxygen atoms in total. The predicted octanol–water partition coefficient (Wildman–Crippen LogP) is 3.77. The highest BCUT2D eigenvalue weighted by atomic mass is 16.1. The van der Waals surface area contributed by atoms with E-state index in [1.54, 1.807) is 18.5 Å². The number of carbonyl (C=O) groups excluding carboxylic acids is 1. The van der Waals surface area contributed by atoms with Gasteiger partial charge in [-0.3, -0.25) is 9.78 Å². The fourth-order valence-corrected chi connectivity index (χ4v) is 2.79. The summed E-state index contributed by atoms with van der Waals surface area (Å²) >= 11 is 0. The number of nitrogens with zero attached hydrogens (tertiary/aromatic N) is 3. The molecule has 5 heteroatoms. The highest BCUT2D eigenvalue weighted by Gasteiger charge is 2.09. The number of nitrogens with one attached hydrogen (secondary N) is 1. The summed E-state index contributed by atoms with van der Waals surface area (Å²) in [6.07, 6.45) is 6.71. The van der Waals surface area contributed by atoms with E-state index >= 15 is 0 Å². The molecule has 1 unspecified atom stereocenters. The van der Waals surface area contributed by atoms with Crippen molar-refractivity contribution in [3.8, 4) is 5.69 Å². The summed E-state index contributed by atoms with van der Waals surface area (Å²) in [4.78, 5) is 16.1. The number of hydrogen-bond acceptors (Lipinski definition) is 3. The first kappa shape index (κ1) is 17.6. The zero-order valence-electron chi connectivity index (χ0n) is 15.2. The Bertz CT molecular complexity index is 911. The van der Waals surface area contributed by atoms with Crippen molar-refractivity contribution < 1.29 is 4.79 Å². The van der Waals surface area contributed by atoms with E-state index in [0.29, 0.717) is 0 Å². The molecule has 1 N–H and O–H groups in total. The molecule has 0 aliphatic carbocycles. The minimum atomic E-state index is -0.128. The van der Waals surface area contributed by atoms with Crippen LogP contribution in [0.2, 0.25) is 0 Å². The SMILES string of the molecule is Cc1cc(C)n(-c2ccc(C(C)NC(=O)/C=C/c3ccncc3)cc2)n1. The van der Waals surface area contributed by atoms with Crippen LogP contribution in [0.15, 0.2) is 60.9 Å². The Morgan fingerprint density at radius 1 is 1.12 bits per heavy atom. The first-order valence-corrected chi connectivity index (χ1v) is 8.55. The van der Waals surface area contributed by atoms with Crippen LogP contribution in [0.3, 0.4) is 0 Å². The molecule has 2 heterocycles. The second-order valence-corrected chi connectivity index (χ2v) is 6.27. The van der Waals surface area contributed by atoms with Gasteiger partial charge in [0.1, 0.15) is 0 Å². The summed E-state index contributed by atoms with van der Waals surface area (Å²) in [6.45, 7) is 5.98. The quantitative estimate of drug-likeness (QED) is 0.715. The number of aryl methyl sites for hydroxylation is 2. The predicted molar refractivity (Wildman–Crippen MR) is 103 cm³/mol. The normalized spacial score (nSPS) is 12.3. The highest BCUT2D eigenvalue weighted by molar-refractivity contribution is 5.91. The third-order valence-electron chi connectivity index (χ3n) is 4.14. The monoisotopic (exact) mass is 346 g/mol. The Kier molecular flexibility index (Phi) is 5.27. The van der Waals surface area contributed by atoms with Gasteiger partial charge < -0.3 is 5.32 Å². The van der Waals surface area contributed by atoms with Gasteiger partial charge in [-0.15, -0.1) is 0 Å². The molecule has 1 atom stereocenters. The van der Waals surface area contributed by atoms with Crippen LogP contribution >= 0.6 is 0 Å². The van der Waals surface area contributed by atoms with Crippen LogP contribution in [0.4, 0.5) is 0 Å². The van der Waals surface area contributed by atoms with E-state index in [9.17, 15) is 4.79 Å². The van der Waals surface area contributed by atoms with Gasteiger partial charge in [-0.05, 0) is 68.3 Å². The van der Waals surface area contributed by atoms with Crippen molar-refractivity contribution >= 4 is 12.0 Å². The summed E-state index contributed by atoms with van der Waals surface area (Å²) in [5.74, 6) is -0.128. The molecule has 1 aromatic carbocycles. The number of aromatic nitrogens is 3. The van der Waals surface area contributed by atoms with Crippen LogP contribution in [0, 0.1) is 13.8 Å². The van der Waals surface area contributed by atoms with E-state index in [2.05, 4.69) is 15.4 Å². The van der Waals surface area contributed by atoms with E-state index in [-0.39, 0.29) is 11.9 Å². The molecule has 3 aromatic rings. The summed E-state index contributed by atoms with van der Waals surface area (Å²) in [6, 6.07) is 13.7. The highest BCUT2D eigenvalue weighted by Crippen LogP contribution is 2.17. The third-order valence-corrected chi connectivity index (χ3v) is 4.14. The van der Waals surface area contributed by atoms with E-state index in [0.717, 1.165) is 28.2 Å². The number of rotatable bonds is 5. The van der Waals surface area contributed by atoms with Gasteiger partial charge in [0, 0.05) is 24.2 Å². The number of pyridine rings is 1. The van der Waals surface area contributed by atoms with Crippen LogP contribution < -0.4 is 5.32 Å². The van der Waals surface area contributed by atoms with Crippen LogP contribution in [-0.4, -0.2) is 20.7 Å². The molecule has 0 aliphatic rings. The van der Waals surface area contributed by atoms with Gasteiger partial charge in [0.05, 0.1) is 17.4 Å². The summed E-state index contributed by atoms with van der Waals surface area (Å²) in [5.41, 5.74) is 5.08. The number of hydrogen-bond donors (Lipinski definition) is 1. The fraction of sp³-hybridized carbons (Fsp3) is 0.190. The number of amides is 1. The van der Waals surface area contributed by atoms with Crippen LogP contribution in [0.5, 0.6) is 0 Å². The zero-order chi connectivity index (χ0) is 18.5. The van der Waals surface area contributed by atoms with Gasteiger partial charge in [0.25, 0.3) is 0 Å². The Morgan fingerprint density at radius 2 is 1.81 bits per heavy atom. The van der Waals surface area contributed by atoms with E-state index in [4.69, 9.17) is 0 Å².